The smallest absolute Gasteiger partial charge is 0.203 e. The Morgan fingerprint density at radius 1 is 0.967 bits per heavy atom. The topological polar surface area (TPSA) is 51.2 Å². The fourth-order valence-electron chi connectivity index (χ4n) is 3.75. The number of ketones is 1. The highest BCUT2D eigenvalue weighted by molar-refractivity contribution is 6.33. The third-order valence-corrected chi connectivity index (χ3v) is 5.83. The third-order valence-electron chi connectivity index (χ3n) is 5.52. The van der Waals surface area contributed by atoms with Gasteiger partial charge in [-0.3, -0.25) is 4.79 Å². The summed E-state index contributed by atoms with van der Waals surface area (Å²) in [4.78, 5) is 17.6. The molecule has 1 heterocycles. The van der Waals surface area contributed by atoms with Gasteiger partial charge >= 0.3 is 0 Å². The third kappa shape index (κ3) is 4.82. The molecule has 1 fully saturated rings. The van der Waals surface area contributed by atoms with E-state index in [0.717, 1.165) is 44.0 Å². The Bertz CT molecular complexity index is 870. The molecule has 0 saturated carbocycles. The Hall–Kier alpha value is -2.44. The monoisotopic (exact) mass is 432 g/mol. The Morgan fingerprint density at radius 2 is 1.60 bits per heavy atom. The van der Waals surface area contributed by atoms with Crippen LogP contribution >= 0.6 is 11.6 Å². The van der Waals surface area contributed by atoms with Crippen LogP contribution in [0.25, 0.3) is 0 Å². The lowest BCUT2D eigenvalue weighted by molar-refractivity contribution is 0.0992. The zero-order valence-electron chi connectivity index (χ0n) is 18.0. The summed E-state index contributed by atoms with van der Waals surface area (Å²) >= 11 is 6.57. The van der Waals surface area contributed by atoms with E-state index in [1.165, 1.54) is 21.3 Å². The number of carbonyl (C=O) groups excluding carboxylic acids is 1. The van der Waals surface area contributed by atoms with Gasteiger partial charge in [-0.25, -0.2) is 0 Å². The molecule has 30 heavy (non-hydrogen) atoms. The number of ether oxygens (including phenoxy) is 3. The summed E-state index contributed by atoms with van der Waals surface area (Å²) < 4.78 is 16.0. The van der Waals surface area contributed by atoms with Crippen molar-refractivity contribution in [3.63, 3.8) is 0 Å². The van der Waals surface area contributed by atoms with Gasteiger partial charge in [-0.1, -0.05) is 24.6 Å². The van der Waals surface area contributed by atoms with E-state index in [2.05, 4.69) is 16.7 Å². The molecule has 7 heteroatoms. The quantitative estimate of drug-likeness (QED) is 0.589. The zero-order valence-corrected chi connectivity index (χ0v) is 18.8. The molecule has 2 aromatic rings. The highest BCUT2D eigenvalue weighted by Gasteiger charge is 2.20. The van der Waals surface area contributed by atoms with Gasteiger partial charge in [0.15, 0.2) is 17.3 Å². The number of rotatable bonds is 8. The van der Waals surface area contributed by atoms with Crippen molar-refractivity contribution in [1.29, 1.82) is 0 Å². The first-order valence-electron chi connectivity index (χ1n) is 10.1. The highest BCUT2D eigenvalue weighted by atomic mass is 35.5. The Balaban J connectivity index is 1.75. The van der Waals surface area contributed by atoms with Gasteiger partial charge in [0.1, 0.15) is 0 Å². The molecule has 0 N–H and O–H groups in total. The molecule has 0 bridgehead atoms. The molecule has 0 spiro atoms. The van der Waals surface area contributed by atoms with Gasteiger partial charge in [0, 0.05) is 38.2 Å². The van der Waals surface area contributed by atoms with Crippen LogP contribution in [0.2, 0.25) is 5.02 Å². The average molecular weight is 433 g/mol. The number of benzene rings is 2. The second-order valence-electron chi connectivity index (χ2n) is 7.22. The van der Waals surface area contributed by atoms with Crippen molar-refractivity contribution >= 4 is 23.1 Å². The van der Waals surface area contributed by atoms with Gasteiger partial charge in [-0.2, -0.15) is 0 Å². The summed E-state index contributed by atoms with van der Waals surface area (Å²) in [6.07, 6.45) is 0.238. The van der Waals surface area contributed by atoms with Crippen LogP contribution in [-0.4, -0.2) is 64.7 Å². The molecule has 1 saturated heterocycles. The van der Waals surface area contributed by atoms with Crippen molar-refractivity contribution in [3.05, 3.63) is 46.5 Å². The number of likely N-dealkylation sites (N-methyl/N-ethyl adjacent to an activating group) is 1. The minimum Gasteiger partial charge on any atom is -0.493 e. The fourth-order valence-corrected chi connectivity index (χ4v) is 4.07. The van der Waals surface area contributed by atoms with Crippen LogP contribution in [0.3, 0.4) is 0 Å². The van der Waals surface area contributed by atoms with Crippen molar-refractivity contribution in [3.8, 4) is 17.2 Å². The van der Waals surface area contributed by atoms with Crippen LogP contribution < -0.4 is 19.1 Å². The van der Waals surface area contributed by atoms with Crippen molar-refractivity contribution in [2.75, 3.05) is 59.0 Å². The lowest BCUT2D eigenvalue weighted by Gasteiger charge is -2.36. The summed E-state index contributed by atoms with van der Waals surface area (Å²) in [5, 5.41) is 0.676. The molecule has 0 radical (unpaired) electrons. The van der Waals surface area contributed by atoms with E-state index in [0.29, 0.717) is 27.8 Å². The fraction of sp³-hybridized carbons (Fsp3) is 0.435. The molecule has 1 aliphatic rings. The minimum atomic E-state index is -0.0466. The minimum absolute atomic E-state index is 0.0466. The number of nitrogens with zero attached hydrogens (tertiary/aromatic N) is 2. The van der Waals surface area contributed by atoms with E-state index in [1.807, 2.05) is 18.2 Å². The van der Waals surface area contributed by atoms with E-state index < -0.39 is 0 Å². The van der Waals surface area contributed by atoms with Gasteiger partial charge in [0.05, 0.1) is 32.0 Å². The van der Waals surface area contributed by atoms with Crippen LogP contribution in [0, 0.1) is 0 Å². The van der Waals surface area contributed by atoms with Crippen molar-refractivity contribution in [2.24, 2.45) is 0 Å². The predicted octanol–water partition coefficient (Wildman–Crippen LogP) is 3.93. The molecular formula is C23H29ClN2O4. The maximum Gasteiger partial charge on any atom is 0.203 e. The Labute approximate surface area is 183 Å². The molecule has 0 unspecified atom stereocenters. The summed E-state index contributed by atoms with van der Waals surface area (Å²) in [6, 6.07) is 9.23. The molecule has 2 aromatic carbocycles. The Kier molecular flexibility index (Phi) is 7.45. The molecule has 1 aliphatic heterocycles. The molecule has 0 amide bonds. The van der Waals surface area contributed by atoms with Crippen LogP contribution in [-0.2, 0) is 6.42 Å². The second-order valence-corrected chi connectivity index (χ2v) is 7.63. The lowest BCUT2D eigenvalue weighted by atomic mass is 10.0. The summed E-state index contributed by atoms with van der Waals surface area (Å²) in [7, 11) is 4.60. The van der Waals surface area contributed by atoms with E-state index >= 15 is 0 Å². The summed E-state index contributed by atoms with van der Waals surface area (Å²) in [5.74, 6) is 1.33. The van der Waals surface area contributed by atoms with Crippen LogP contribution in [0.4, 0.5) is 5.69 Å². The Morgan fingerprint density at radius 3 is 2.10 bits per heavy atom. The number of piperazine rings is 1. The molecule has 0 atom stereocenters. The van der Waals surface area contributed by atoms with Gasteiger partial charge in [-0.05, 0) is 36.4 Å². The van der Waals surface area contributed by atoms with E-state index in [4.69, 9.17) is 25.8 Å². The van der Waals surface area contributed by atoms with Gasteiger partial charge in [0.2, 0.25) is 5.75 Å². The summed E-state index contributed by atoms with van der Waals surface area (Å²) in [6.45, 7) is 7.24. The van der Waals surface area contributed by atoms with E-state index in [1.54, 1.807) is 12.1 Å². The number of carbonyl (C=O) groups is 1. The van der Waals surface area contributed by atoms with Crippen molar-refractivity contribution < 1.29 is 19.0 Å². The molecule has 3 rings (SSSR count). The first-order chi connectivity index (χ1) is 14.5. The van der Waals surface area contributed by atoms with Crippen LogP contribution in [0.1, 0.15) is 22.8 Å². The molecular weight excluding hydrogens is 404 g/mol. The average Bonchev–Trinajstić information content (AvgIpc) is 2.78. The van der Waals surface area contributed by atoms with Gasteiger partial charge in [-0.15, -0.1) is 0 Å². The number of methoxy groups -OCH3 is 3. The molecule has 6 nitrogen and oxygen atoms in total. The van der Waals surface area contributed by atoms with Crippen molar-refractivity contribution in [1.82, 2.24) is 4.90 Å². The highest BCUT2D eigenvalue weighted by Crippen LogP contribution is 2.38. The molecule has 162 valence electrons. The van der Waals surface area contributed by atoms with E-state index in [-0.39, 0.29) is 12.2 Å². The van der Waals surface area contributed by atoms with Crippen LogP contribution in [0.5, 0.6) is 17.2 Å². The van der Waals surface area contributed by atoms with Crippen molar-refractivity contribution in [2.45, 2.75) is 13.3 Å². The lowest BCUT2D eigenvalue weighted by Crippen LogP contribution is -2.46. The molecule has 0 aliphatic carbocycles. The second kappa shape index (κ2) is 10.0. The standard InChI is InChI=1S/C23H29ClN2O4/c1-5-25-8-10-26(11-9-25)19-7-6-16(12-18(19)24)13-20(27)17-14-21(28-2)23(30-4)22(15-17)29-3/h6-7,12,14-15H,5,8-11,13H2,1-4H3. The normalized spacial score (nSPS) is 14.5. The number of hydrogen-bond donors (Lipinski definition) is 0. The number of Topliss-reactive ketones (excluding diaryl/α,β-unsaturated/α-hetero) is 1. The zero-order chi connectivity index (χ0) is 21.7. The number of hydrogen-bond acceptors (Lipinski definition) is 6. The van der Waals surface area contributed by atoms with Gasteiger partial charge in [0.25, 0.3) is 0 Å². The number of halogens is 1. The van der Waals surface area contributed by atoms with Crippen LogP contribution in [0.15, 0.2) is 30.3 Å². The summed E-state index contributed by atoms with van der Waals surface area (Å²) in [5.41, 5.74) is 2.39. The maximum absolute atomic E-state index is 12.9. The van der Waals surface area contributed by atoms with Gasteiger partial charge < -0.3 is 24.0 Å². The number of anilines is 1. The first-order valence-corrected chi connectivity index (χ1v) is 10.5. The first kappa shape index (κ1) is 22.2. The molecule has 0 aromatic heterocycles. The SMILES string of the molecule is CCN1CCN(c2ccc(CC(=O)c3cc(OC)c(OC)c(OC)c3)cc2Cl)CC1. The predicted molar refractivity (Wildman–Crippen MR) is 120 cm³/mol. The van der Waals surface area contributed by atoms with E-state index in [9.17, 15) is 4.79 Å². The maximum atomic E-state index is 12.9. The largest absolute Gasteiger partial charge is 0.493 e.